The highest BCUT2D eigenvalue weighted by atomic mass is 19.1. The van der Waals surface area contributed by atoms with Crippen molar-refractivity contribution in [1.29, 1.82) is 0 Å². The number of fused-ring (bicyclic) bond motifs is 2. The molecule has 0 spiro atoms. The smallest absolute Gasteiger partial charge is 0.251 e. The molecule has 30 heavy (non-hydrogen) atoms. The zero-order valence-corrected chi connectivity index (χ0v) is 16.2. The highest BCUT2D eigenvalue weighted by Crippen LogP contribution is 2.30. The van der Waals surface area contributed by atoms with Gasteiger partial charge in [-0.25, -0.2) is 8.78 Å². The molecular weight excluding hydrogens is 388 g/mol. The lowest BCUT2D eigenvalue weighted by Gasteiger charge is -2.22. The molecule has 0 aliphatic heterocycles. The van der Waals surface area contributed by atoms with Gasteiger partial charge in [0.05, 0.1) is 11.7 Å². The Bertz CT molecular complexity index is 1280. The van der Waals surface area contributed by atoms with Crippen LogP contribution in [0.5, 0.6) is 0 Å². The Morgan fingerprint density at radius 1 is 1.23 bits per heavy atom. The molecule has 5 rings (SSSR count). The molecule has 152 valence electrons. The second kappa shape index (κ2) is 7.05. The molecule has 0 radical (unpaired) electrons. The number of nitrogens with one attached hydrogen (secondary N) is 2. The van der Waals surface area contributed by atoms with E-state index in [1.165, 1.54) is 29.8 Å². The summed E-state index contributed by atoms with van der Waals surface area (Å²) in [6.07, 6.45) is 4.14. The number of aromatic amines is 1. The molecule has 0 bridgehead atoms. The van der Waals surface area contributed by atoms with Gasteiger partial charge in [-0.3, -0.25) is 14.6 Å². The standard InChI is InChI=1S/C22H19F2N5O/c1-29-20-7-4-14(23)9-17(20)21(28-29)16-6-3-12(8-18(16)24)22(30)26-15-5-2-13-11-25-27-19(13)10-15/h3-4,6-9,11,15H,2,5,10H2,1H3,(H,25,27)(H,26,30). The molecule has 2 aromatic carbocycles. The molecule has 0 saturated carbocycles. The highest BCUT2D eigenvalue weighted by molar-refractivity contribution is 5.97. The van der Waals surface area contributed by atoms with E-state index in [0.717, 1.165) is 18.5 Å². The van der Waals surface area contributed by atoms with Crippen molar-refractivity contribution in [1.82, 2.24) is 25.3 Å². The fourth-order valence-corrected chi connectivity index (χ4v) is 4.09. The fraction of sp³-hybridized carbons (Fsp3) is 0.227. The zero-order chi connectivity index (χ0) is 20.8. The van der Waals surface area contributed by atoms with Gasteiger partial charge in [0.15, 0.2) is 0 Å². The first-order chi connectivity index (χ1) is 14.5. The topological polar surface area (TPSA) is 75.6 Å². The number of aromatic nitrogens is 4. The maximum Gasteiger partial charge on any atom is 0.251 e. The van der Waals surface area contributed by atoms with Crippen LogP contribution < -0.4 is 5.32 Å². The summed E-state index contributed by atoms with van der Waals surface area (Å²) in [5, 5.41) is 14.8. The average molecular weight is 407 g/mol. The molecule has 1 aliphatic carbocycles. The number of aryl methyl sites for hydroxylation is 2. The van der Waals surface area contributed by atoms with Gasteiger partial charge in [-0.05, 0) is 54.8 Å². The van der Waals surface area contributed by atoms with Gasteiger partial charge in [0.1, 0.15) is 17.3 Å². The Morgan fingerprint density at radius 2 is 2.10 bits per heavy atom. The summed E-state index contributed by atoms with van der Waals surface area (Å²) in [4.78, 5) is 12.7. The number of hydrogen-bond donors (Lipinski definition) is 2. The van der Waals surface area contributed by atoms with Crippen LogP contribution in [-0.4, -0.2) is 31.9 Å². The van der Waals surface area contributed by atoms with E-state index in [4.69, 9.17) is 0 Å². The van der Waals surface area contributed by atoms with E-state index in [0.29, 0.717) is 23.0 Å². The summed E-state index contributed by atoms with van der Waals surface area (Å²) in [6.45, 7) is 0. The highest BCUT2D eigenvalue weighted by Gasteiger charge is 2.23. The molecule has 8 heteroatoms. The van der Waals surface area contributed by atoms with E-state index in [2.05, 4.69) is 20.6 Å². The third-order valence-corrected chi connectivity index (χ3v) is 5.65. The molecule has 1 atom stereocenters. The number of rotatable bonds is 3. The maximum atomic E-state index is 14.9. The van der Waals surface area contributed by atoms with E-state index in [9.17, 15) is 13.6 Å². The van der Waals surface area contributed by atoms with Gasteiger partial charge >= 0.3 is 0 Å². The molecule has 2 heterocycles. The Labute approximate surface area is 170 Å². The van der Waals surface area contributed by atoms with Crippen LogP contribution in [0.2, 0.25) is 0 Å². The van der Waals surface area contributed by atoms with E-state index in [1.54, 1.807) is 23.9 Å². The molecular formula is C22H19F2N5O. The van der Waals surface area contributed by atoms with Gasteiger partial charge < -0.3 is 5.32 Å². The lowest BCUT2D eigenvalue weighted by Crippen LogP contribution is -2.38. The number of carbonyl (C=O) groups excluding carboxylic acids is 1. The SMILES string of the molecule is Cn1nc(-c2ccc(C(=O)NC3CCc4cn[nH]c4C3)cc2F)c2cc(F)ccc21. The first-order valence-corrected chi connectivity index (χ1v) is 9.74. The summed E-state index contributed by atoms with van der Waals surface area (Å²) < 4.78 is 30.2. The number of nitrogens with zero attached hydrogens (tertiary/aromatic N) is 3. The van der Waals surface area contributed by atoms with Crippen LogP contribution in [0.1, 0.15) is 28.0 Å². The Kier molecular flexibility index (Phi) is 4.34. The van der Waals surface area contributed by atoms with Crippen LogP contribution in [0.25, 0.3) is 22.2 Å². The minimum Gasteiger partial charge on any atom is -0.349 e. The minimum absolute atomic E-state index is 0.0316. The normalized spacial score (nSPS) is 15.9. The van der Waals surface area contributed by atoms with Crippen LogP contribution in [0.3, 0.4) is 0 Å². The summed E-state index contributed by atoms with van der Waals surface area (Å²) in [7, 11) is 1.72. The molecule has 1 unspecified atom stereocenters. The fourth-order valence-electron chi connectivity index (χ4n) is 4.09. The molecule has 0 saturated heterocycles. The predicted molar refractivity (Wildman–Crippen MR) is 108 cm³/mol. The molecule has 1 aliphatic rings. The first-order valence-electron chi connectivity index (χ1n) is 9.74. The van der Waals surface area contributed by atoms with E-state index in [-0.39, 0.29) is 23.1 Å². The number of hydrogen-bond acceptors (Lipinski definition) is 3. The van der Waals surface area contributed by atoms with E-state index in [1.807, 2.05) is 6.20 Å². The van der Waals surface area contributed by atoms with Gasteiger partial charge in [-0.2, -0.15) is 10.2 Å². The number of carbonyl (C=O) groups is 1. The monoisotopic (exact) mass is 407 g/mol. The van der Waals surface area contributed by atoms with E-state index >= 15 is 0 Å². The third kappa shape index (κ3) is 3.14. The number of H-pyrrole nitrogens is 1. The average Bonchev–Trinajstić information content (AvgIpc) is 3.31. The Hall–Kier alpha value is -3.55. The lowest BCUT2D eigenvalue weighted by molar-refractivity contribution is 0.0933. The Morgan fingerprint density at radius 3 is 2.93 bits per heavy atom. The molecule has 0 fully saturated rings. The van der Waals surface area contributed by atoms with Gasteiger partial charge in [0, 0.05) is 41.7 Å². The van der Waals surface area contributed by atoms with Crippen molar-refractivity contribution in [3.8, 4) is 11.3 Å². The summed E-state index contributed by atoms with van der Waals surface area (Å²) in [5.41, 5.74) is 3.71. The molecule has 2 N–H and O–H groups in total. The number of amides is 1. The Balaban J connectivity index is 1.40. The van der Waals surface area contributed by atoms with Crippen LogP contribution >= 0.6 is 0 Å². The van der Waals surface area contributed by atoms with Crippen LogP contribution in [-0.2, 0) is 19.9 Å². The molecule has 1 amide bonds. The molecule has 4 aromatic rings. The van der Waals surface area contributed by atoms with Crippen molar-refractivity contribution < 1.29 is 13.6 Å². The van der Waals surface area contributed by atoms with Crippen molar-refractivity contribution in [3.63, 3.8) is 0 Å². The quantitative estimate of drug-likeness (QED) is 0.546. The van der Waals surface area contributed by atoms with Gasteiger partial charge in [-0.15, -0.1) is 0 Å². The number of benzene rings is 2. The lowest BCUT2D eigenvalue weighted by atomic mass is 9.93. The van der Waals surface area contributed by atoms with E-state index < -0.39 is 11.6 Å². The van der Waals surface area contributed by atoms with Gasteiger partial charge in [-0.1, -0.05) is 0 Å². The summed E-state index contributed by atoms with van der Waals surface area (Å²) >= 11 is 0. The maximum absolute atomic E-state index is 14.9. The van der Waals surface area contributed by atoms with Crippen molar-refractivity contribution in [2.24, 2.45) is 7.05 Å². The van der Waals surface area contributed by atoms with Crippen molar-refractivity contribution in [2.45, 2.75) is 25.3 Å². The summed E-state index contributed by atoms with van der Waals surface area (Å²) in [6, 6.07) is 8.55. The van der Waals surface area contributed by atoms with Crippen LogP contribution in [0, 0.1) is 11.6 Å². The van der Waals surface area contributed by atoms with Crippen LogP contribution in [0.4, 0.5) is 8.78 Å². The minimum atomic E-state index is -0.577. The van der Waals surface area contributed by atoms with Gasteiger partial charge in [0.25, 0.3) is 5.91 Å². The van der Waals surface area contributed by atoms with Crippen molar-refractivity contribution >= 4 is 16.8 Å². The third-order valence-electron chi connectivity index (χ3n) is 5.65. The second-order valence-corrected chi connectivity index (χ2v) is 7.62. The van der Waals surface area contributed by atoms with Gasteiger partial charge in [0.2, 0.25) is 0 Å². The largest absolute Gasteiger partial charge is 0.349 e. The molecule has 6 nitrogen and oxygen atoms in total. The summed E-state index contributed by atoms with van der Waals surface area (Å²) in [5.74, 6) is -1.32. The van der Waals surface area contributed by atoms with Crippen LogP contribution in [0.15, 0.2) is 42.6 Å². The number of halogens is 2. The van der Waals surface area contributed by atoms with Crippen molar-refractivity contribution in [2.75, 3.05) is 0 Å². The molecule has 2 aromatic heterocycles. The second-order valence-electron chi connectivity index (χ2n) is 7.62. The zero-order valence-electron chi connectivity index (χ0n) is 16.2. The predicted octanol–water partition coefficient (Wildman–Crippen LogP) is 3.53. The first kappa shape index (κ1) is 18.5. The van der Waals surface area contributed by atoms with Crippen molar-refractivity contribution in [3.05, 3.63) is 71.1 Å².